The Labute approximate surface area is 438 Å². The normalized spacial score (nSPS) is 13.8. The number of benzene rings is 3. The van der Waals surface area contributed by atoms with Crippen LogP contribution in [0.3, 0.4) is 0 Å². The summed E-state index contributed by atoms with van der Waals surface area (Å²) in [4.78, 5) is 82.8. The van der Waals surface area contributed by atoms with E-state index in [1.807, 2.05) is 86.9 Å². The van der Waals surface area contributed by atoms with Gasteiger partial charge >= 0.3 is 0 Å². The molecule has 3 amide bonds. The van der Waals surface area contributed by atoms with Crippen LogP contribution < -0.4 is 50.4 Å². The van der Waals surface area contributed by atoms with E-state index >= 15 is 0 Å². The van der Waals surface area contributed by atoms with Crippen molar-refractivity contribution >= 4 is 86.1 Å². The number of amides is 3. The Hall–Kier alpha value is -6.06. The number of Topliss-reactive ketones (excluding diaryl/α,β-unsaturated/α-hetero) is 3. The lowest BCUT2D eigenvalue weighted by atomic mass is 9.84. The highest BCUT2D eigenvalue weighted by molar-refractivity contribution is 7.08. The second-order valence-corrected chi connectivity index (χ2v) is 20.8. The third-order valence-electron chi connectivity index (χ3n) is 13.1. The first-order chi connectivity index (χ1) is 35.1. The highest BCUT2D eigenvalue weighted by Crippen LogP contribution is 2.35. The quantitative estimate of drug-likeness (QED) is 0.0128. The van der Waals surface area contributed by atoms with E-state index in [-0.39, 0.29) is 38.5 Å². The minimum atomic E-state index is -1.79. The van der Waals surface area contributed by atoms with Gasteiger partial charge < -0.3 is 50.4 Å². The number of nitrogens with two attached hydrogens (primary N) is 6. The number of thiophene rings is 3. The molecule has 6 rings (SSSR count). The maximum Gasteiger partial charge on any atom is 0.252 e. The van der Waals surface area contributed by atoms with Crippen LogP contribution in [0.2, 0.25) is 0 Å². The van der Waals surface area contributed by atoms with E-state index in [1.165, 1.54) is 34.0 Å². The van der Waals surface area contributed by atoms with Gasteiger partial charge in [-0.15, -0.1) is 0 Å². The van der Waals surface area contributed by atoms with E-state index in [0.717, 1.165) is 33.4 Å². The molecule has 0 spiro atoms. The van der Waals surface area contributed by atoms with Gasteiger partial charge in [0.15, 0.2) is 34.0 Å². The first-order valence-electron chi connectivity index (χ1n) is 24.5. The summed E-state index contributed by atoms with van der Waals surface area (Å²) in [6, 6.07) is 27.1. The zero-order valence-corrected chi connectivity index (χ0v) is 43.4. The van der Waals surface area contributed by atoms with Crippen LogP contribution in [0, 0.1) is 0 Å². The van der Waals surface area contributed by atoms with Crippen molar-refractivity contribution in [1.82, 2.24) is 0 Å². The fourth-order valence-corrected chi connectivity index (χ4v) is 10.6. The summed E-state index contributed by atoms with van der Waals surface area (Å²) in [5.41, 5.74) is 38.0. The summed E-state index contributed by atoms with van der Waals surface area (Å²) in [5.74, 6) is -3.46. The largest absolute Gasteiger partial charge is 0.330 e. The predicted octanol–water partition coefficient (Wildman–Crippen LogP) is 6.78. The molecule has 18 heteroatoms. The molecule has 0 saturated heterocycles. The van der Waals surface area contributed by atoms with Crippen LogP contribution in [0.1, 0.15) is 97.1 Å². The van der Waals surface area contributed by atoms with Crippen LogP contribution in [-0.2, 0) is 48.0 Å². The Morgan fingerprint density at radius 3 is 0.877 bits per heavy atom. The molecule has 0 bridgehead atoms. The molecule has 0 unspecified atom stereocenters. The summed E-state index contributed by atoms with van der Waals surface area (Å²) < 4.78 is 0. The number of carbonyl (C=O) groups is 6. The average molecular weight is 1050 g/mol. The Bertz CT molecular complexity index is 2440. The highest BCUT2D eigenvalue weighted by atomic mass is 32.1. The zero-order chi connectivity index (χ0) is 52.4. The topological polar surface area (TPSA) is 295 Å². The molecule has 6 aromatic rings. The van der Waals surface area contributed by atoms with E-state index in [9.17, 15) is 28.8 Å². The Kier molecular flexibility index (Phi) is 20.6. The van der Waals surface area contributed by atoms with E-state index in [4.69, 9.17) is 34.4 Å². The van der Waals surface area contributed by atoms with Gasteiger partial charge in [-0.1, -0.05) is 36.4 Å². The number of nitrogens with one attached hydrogen (secondary N) is 3. The van der Waals surface area contributed by atoms with Crippen molar-refractivity contribution in [2.75, 3.05) is 35.6 Å². The third kappa shape index (κ3) is 14.8. The van der Waals surface area contributed by atoms with Gasteiger partial charge in [0.1, 0.15) is 0 Å². The van der Waals surface area contributed by atoms with Gasteiger partial charge in [-0.2, -0.15) is 34.0 Å². The number of rotatable bonds is 30. The van der Waals surface area contributed by atoms with Crippen molar-refractivity contribution in [1.29, 1.82) is 0 Å². The van der Waals surface area contributed by atoms with Crippen LogP contribution >= 0.6 is 34.0 Å². The molecule has 3 atom stereocenters. The van der Waals surface area contributed by atoms with Crippen molar-refractivity contribution < 1.29 is 28.8 Å². The summed E-state index contributed by atoms with van der Waals surface area (Å²) in [7, 11) is 0. The molecule has 0 aliphatic heterocycles. The van der Waals surface area contributed by atoms with E-state index in [0.29, 0.717) is 75.2 Å². The molecular weight excluding hydrogens is 979 g/mol. The van der Waals surface area contributed by atoms with Gasteiger partial charge in [0.05, 0.1) is 0 Å². The van der Waals surface area contributed by atoms with Crippen LogP contribution in [-0.4, -0.2) is 71.3 Å². The van der Waals surface area contributed by atoms with Gasteiger partial charge in [0.2, 0.25) is 0 Å². The lowest BCUT2D eigenvalue weighted by Gasteiger charge is -2.27. The van der Waals surface area contributed by atoms with Gasteiger partial charge in [-0.25, -0.2) is 0 Å². The zero-order valence-electron chi connectivity index (χ0n) is 40.9. The predicted molar refractivity (Wildman–Crippen MR) is 295 cm³/mol. The van der Waals surface area contributed by atoms with Crippen LogP contribution in [0.4, 0.5) is 17.1 Å². The number of unbranched alkanes of at least 4 members (excludes halogenated alkanes) is 3. The number of hydrogen-bond acceptors (Lipinski definition) is 15. The molecule has 386 valence electrons. The van der Waals surface area contributed by atoms with E-state index in [1.54, 1.807) is 36.4 Å². The molecule has 0 fully saturated rings. The summed E-state index contributed by atoms with van der Waals surface area (Å²) in [6.07, 6.45) is 3.74. The van der Waals surface area contributed by atoms with Crippen molar-refractivity contribution in [3.05, 3.63) is 157 Å². The SMILES string of the molecule is NCCCC[C@](N)(C(=O)Cc1ccsc1)C(=O)Nc1ccc(C(c2ccc(NC(=O)[C@](N)(CCCCN)C(=O)Cc3ccsc3)cc2)c2ccc(NC(=O)[C@](N)(CCCCN)C(=O)Cc3ccsc3)cc2)cc1. The molecule has 0 aliphatic rings. The second kappa shape index (κ2) is 26.8. The Morgan fingerprint density at radius 2 is 0.658 bits per heavy atom. The van der Waals surface area contributed by atoms with Crippen LogP contribution in [0.15, 0.2) is 123 Å². The molecule has 0 radical (unpaired) electrons. The Balaban J connectivity index is 1.28. The fourth-order valence-electron chi connectivity index (χ4n) is 8.57. The minimum absolute atomic E-state index is 0.0206. The van der Waals surface area contributed by atoms with E-state index < -0.39 is 57.6 Å². The second-order valence-electron chi connectivity index (χ2n) is 18.5. The third-order valence-corrected chi connectivity index (χ3v) is 15.3. The maximum atomic E-state index is 13.9. The number of anilines is 3. The number of hydrogen-bond donors (Lipinski definition) is 9. The van der Waals surface area contributed by atoms with Gasteiger partial charge in [0, 0.05) is 42.2 Å². The number of ketones is 3. The van der Waals surface area contributed by atoms with Crippen molar-refractivity contribution in [2.24, 2.45) is 34.4 Å². The maximum absolute atomic E-state index is 13.9. The molecule has 0 saturated carbocycles. The van der Waals surface area contributed by atoms with Crippen molar-refractivity contribution in [3.8, 4) is 0 Å². The molecule has 15 nitrogen and oxygen atoms in total. The van der Waals surface area contributed by atoms with Crippen molar-refractivity contribution in [2.45, 2.75) is 99.6 Å². The van der Waals surface area contributed by atoms with Gasteiger partial charge in [-0.3, -0.25) is 28.8 Å². The Morgan fingerprint density at radius 1 is 0.397 bits per heavy atom. The summed E-state index contributed by atoms with van der Waals surface area (Å²) >= 11 is 4.38. The minimum Gasteiger partial charge on any atom is -0.330 e. The van der Waals surface area contributed by atoms with Gasteiger partial charge in [0.25, 0.3) is 17.7 Å². The molecule has 3 aromatic heterocycles. The molecule has 0 aliphatic carbocycles. The van der Waals surface area contributed by atoms with Crippen LogP contribution in [0.25, 0.3) is 0 Å². The van der Waals surface area contributed by atoms with Crippen LogP contribution in [0.5, 0.6) is 0 Å². The summed E-state index contributed by atoms with van der Waals surface area (Å²) in [5, 5.41) is 19.9. The smallest absolute Gasteiger partial charge is 0.252 e. The molecular formula is C55H67N9O6S3. The molecule has 73 heavy (non-hydrogen) atoms. The average Bonchev–Trinajstić information content (AvgIpc) is 4.22. The fraction of sp³-hybridized carbons (Fsp3) is 0.345. The molecule has 3 aromatic carbocycles. The summed E-state index contributed by atoms with van der Waals surface area (Å²) in [6.45, 7) is 1.20. The standard InChI is InChI=1S/C55H67N9O6S3/c56-25-4-1-22-53(59,46(65)31-37-19-28-71-34-37)50(68)62-43-13-7-40(8-14-43)49(41-9-15-44(16-10-41)63-51(69)54(60,23-2-5-26-57)47(66)32-38-20-29-72-35-38)42-11-17-45(18-12-42)64-52(70)55(61,24-3-6-27-58)48(67)33-39-21-30-73-36-39/h7-21,28-30,34-36,49H,1-6,22-27,31-33,56-61H2,(H,62,68)(H,63,69)(H,64,70)/t53-,54-,55-/m0/s1. The molecule has 15 N–H and O–H groups in total. The van der Waals surface area contributed by atoms with Crippen molar-refractivity contribution in [3.63, 3.8) is 0 Å². The first kappa shape index (κ1) is 56.2. The highest BCUT2D eigenvalue weighted by Gasteiger charge is 2.43. The van der Waals surface area contributed by atoms with E-state index in [2.05, 4.69) is 16.0 Å². The molecule has 3 heterocycles. The monoisotopic (exact) mass is 1050 g/mol. The number of carbonyl (C=O) groups excluding carboxylic acids is 6. The lowest BCUT2D eigenvalue weighted by Crippen LogP contribution is -2.58. The first-order valence-corrected chi connectivity index (χ1v) is 27.3. The lowest BCUT2D eigenvalue weighted by molar-refractivity contribution is -0.134. The van der Waals surface area contributed by atoms with Gasteiger partial charge in [-0.05, 0) is 198 Å².